The summed E-state index contributed by atoms with van der Waals surface area (Å²) in [5.41, 5.74) is 0.759. The highest BCUT2D eigenvalue weighted by molar-refractivity contribution is 9.10. The molecule has 0 spiro atoms. The maximum atomic E-state index is 11.7. The first-order valence-electron chi connectivity index (χ1n) is 6.09. The van der Waals surface area contributed by atoms with Gasteiger partial charge in [0.15, 0.2) is 0 Å². The highest BCUT2D eigenvalue weighted by Gasteiger charge is 2.13. The molecule has 4 nitrogen and oxygen atoms in total. The van der Waals surface area contributed by atoms with Crippen molar-refractivity contribution in [2.24, 2.45) is 0 Å². The highest BCUT2D eigenvalue weighted by atomic mass is 79.9. The second-order valence-electron chi connectivity index (χ2n) is 4.35. The maximum Gasteiger partial charge on any atom is 0.223 e. The van der Waals surface area contributed by atoms with Crippen molar-refractivity contribution in [1.29, 1.82) is 5.26 Å². The standard InChI is InChI=1S/C14H17BrN2O2/c1-10(2)19-7-6-14(18)17-13(9-16)11-4-3-5-12(15)8-11/h3-5,8,10,13H,6-7H2,1-2H3,(H,17,18)/t13-/m0/s1. The number of nitriles is 1. The molecular formula is C14H17BrN2O2. The average molecular weight is 325 g/mol. The Morgan fingerprint density at radius 2 is 2.26 bits per heavy atom. The lowest BCUT2D eigenvalue weighted by molar-refractivity contribution is -0.122. The quantitative estimate of drug-likeness (QED) is 0.875. The molecule has 0 heterocycles. The molecule has 5 heteroatoms. The van der Waals surface area contributed by atoms with Crippen LogP contribution < -0.4 is 5.32 Å². The fraction of sp³-hybridized carbons (Fsp3) is 0.429. The molecular weight excluding hydrogens is 308 g/mol. The van der Waals surface area contributed by atoms with E-state index in [0.717, 1.165) is 10.0 Å². The lowest BCUT2D eigenvalue weighted by Crippen LogP contribution is -2.28. The first-order chi connectivity index (χ1) is 9.02. The predicted molar refractivity (Wildman–Crippen MR) is 76.3 cm³/mol. The van der Waals surface area contributed by atoms with Gasteiger partial charge in [0.05, 0.1) is 25.2 Å². The van der Waals surface area contributed by atoms with Gasteiger partial charge in [-0.15, -0.1) is 0 Å². The van der Waals surface area contributed by atoms with E-state index >= 15 is 0 Å². The predicted octanol–water partition coefficient (Wildman–Crippen LogP) is 2.95. The molecule has 102 valence electrons. The molecule has 0 aliphatic carbocycles. The van der Waals surface area contributed by atoms with Crippen LogP contribution in [-0.2, 0) is 9.53 Å². The summed E-state index contributed by atoms with van der Waals surface area (Å²) in [6.45, 7) is 4.19. The number of halogens is 1. The van der Waals surface area contributed by atoms with E-state index in [1.54, 1.807) is 0 Å². The number of benzene rings is 1. The summed E-state index contributed by atoms with van der Waals surface area (Å²) < 4.78 is 6.18. The Morgan fingerprint density at radius 3 is 2.84 bits per heavy atom. The van der Waals surface area contributed by atoms with Crippen LogP contribution in [0.1, 0.15) is 31.9 Å². The third-order valence-electron chi connectivity index (χ3n) is 2.40. The number of carbonyl (C=O) groups excluding carboxylic acids is 1. The van der Waals surface area contributed by atoms with Crippen LogP contribution >= 0.6 is 15.9 Å². The van der Waals surface area contributed by atoms with Crippen LogP contribution in [-0.4, -0.2) is 18.6 Å². The van der Waals surface area contributed by atoms with Gasteiger partial charge in [-0.05, 0) is 31.5 Å². The van der Waals surface area contributed by atoms with Crippen LogP contribution in [0.15, 0.2) is 28.7 Å². The molecule has 0 bridgehead atoms. The van der Waals surface area contributed by atoms with Crippen molar-refractivity contribution < 1.29 is 9.53 Å². The summed E-state index contributed by atoms with van der Waals surface area (Å²) in [4.78, 5) is 11.7. The van der Waals surface area contributed by atoms with Crippen molar-refractivity contribution in [3.8, 4) is 6.07 Å². The van der Waals surface area contributed by atoms with Crippen molar-refractivity contribution in [3.63, 3.8) is 0 Å². The van der Waals surface area contributed by atoms with E-state index in [1.807, 2.05) is 38.1 Å². The number of hydrogen-bond acceptors (Lipinski definition) is 3. The van der Waals surface area contributed by atoms with Gasteiger partial charge in [-0.25, -0.2) is 0 Å². The van der Waals surface area contributed by atoms with E-state index < -0.39 is 6.04 Å². The lowest BCUT2D eigenvalue weighted by Gasteiger charge is -2.13. The second-order valence-corrected chi connectivity index (χ2v) is 5.27. The van der Waals surface area contributed by atoms with E-state index in [1.165, 1.54) is 0 Å². The molecule has 0 aliphatic heterocycles. The van der Waals surface area contributed by atoms with Gasteiger partial charge in [0, 0.05) is 4.47 Å². The average Bonchev–Trinajstić information content (AvgIpc) is 2.35. The monoisotopic (exact) mass is 324 g/mol. The summed E-state index contributed by atoms with van der Waals surface area (Å²) in [6.07, 6.45) is 0.356. The fourth-order valence-electron chi connectivity index (χ4n) is 1.50. The van der Waals surface area contributed by atoms with Crippen LogP contribution in [0.5, 0.6) is 0 Å². The molecule has 1 atom stereocenters. The van der Waals surface area contributed by atoms with Crippen molar-refractivity contribution in [1.82, 2.24) is 5.32 Å². The molecule has 0 fully saturated rings. The van der Waals surface area contributed by atoms with Crippen molar-refractivity contribution in [2.45, 2.75) is 32.4 Å². The number of carbonyl (C=O) groups is 1. The largest absolute Gasteiger partial charge is 0.378 e. The van der Waals surface area contributed by atoms with Gasteiger partial charge in [0.1, 0.15) is 6.04 Å². The number of ether oxygens (including phenoxy) is 1. The summed E-state index contributed by atoms with van der Waals surface area (Å²) in [5, 5.41) is 11.8. The Kier molecular flexibility index (Phi) is 6.54. The minimum absolute atomic E-state index is 0.102. The van der Waals surface area contributed by atoms with E-state index in [2.05, 4.69) is 27.3 Å². The topological polar surface area (TPSA) is 62.1 Å². The summed E-state index contributed by atoms with van der Waals surface area (Å²) in [6, 6.07) is 8.78. The zero-order chi connectivity index (χ0) is 14.3. The molecule has 1 amide bonds. The van der Waals surface area contributed by atoms with Crippen LogP contribution in [0.25, 0.3) is 0 Å². The minimum atomic E-state index is -0.635. The van der Waals surface area contributed by atoms with Gasteiger partial charge >= 0.3 is 0 Å². The second kappa shape index (κ2) is 7.93. The third-order valence-corrected chi connectivity index (χ3v) is 2.89. The molecule has 0 saturated heterocycles. The third kappa shape index (κ3) is 5.86. The first-order valence-corrected chi connectivity index (χ1v) is 6.88. The first kappa shape index (κ1) is 15.7. The zero-order valence-corrected chi connectivity index (χ0v) is 12.6. The van der Waals surface area contributed by atoms with Crippen LogP contribution in [0.4, 0.5) is 0 Å². The van der Waals surface area contributed by atoms with Gasteiger partial charge in [0.25, 0.3) is 0 Å². The van der Waals surface area contributed by atoms with Gasteiger partial charge in [-0.3, -0.25) is 4.79 Å². The van der Waals surface area contributed by atoms with Crippen molar-refractivity contribution in [2.75, 3.05) is 6.61 Å². The van der Waals surface area contributed by atoms with Crippen molar-refractivity contribution >= 4 is 21.8 Å². The zero-order valence-electron chi connectivity index (χ0n) is 11.0. The van der Waals surface area contributed by atoms with E-state index in [-0.39, 0.29) is 18.4 Å². The van der Waals surface area contributed by atoms with E-state index in [9.17, 15) is 4.79 Å². The Bertz CT molecular complexity index is 469. The van der Waals surface area contributed by atoms with E-state index in [4.69, 9.17) is 10.00 Å². The fourth-order valence-corrected chi connectivity index (χ4v) is 1.91. The highest BCUT2D eigenvalue weighted by Crippen LogP contribution is 2.17. The number of rotatable bonds is 6. The van der Waals surface area contributed by atoms with Crippen LogP contribution in [0.2, 0.25) is 0 Å². The summed E-state index contributed by atoms with van der Waals surface area (Å²) in [5.74, 6) is -0.188. The molecule has 19 heavy (non-hydrogen) atoms. The van der Waals surface area contributed by atoms with Crippen molar-refractivity contribution in [3.05, 3.63) is 34.3 Å². The maximum absolute atomic E-state index is 11.7. The summed E-state index contributed by atoms with van der Waals surface area (Å²) in [7, 11) is 0. The SMILES string of the molecule is CC(C)OCCC(=O)N[C@@H](C#N)c1cccc(Br)c1. The molecule has 0 unspecified atom stereocenters. The Labute approximate surface area is 121 Å². The molecule has 1 rings (SSSR count). The molecule has 0 aliphatic rings. The van der Waals surface area contributed by atoms with Crippen LogP contribution in [0.3, 0.4) is 0 Å². The van der Waals surface area contributed by atoms with Gasteiger partial charge in [-0.2, -0.15) is 5.26 Å². The van der Waals surface area contributed by atoms with E-state index in [0.29, 0.717) is 6.61 Å². The summed E-state index contributed by atoms with van der Waals surface area (Å²) >= 11 is 3.34. The van der Waals surface area contributed by atoms with Gasteiger partial charge < -0.3 is 10.1 Å². The lowest BCUT2D eigenvalue weighted by atomic mass is 10.1. The number of nitrogens with zero attached hydrogens (tertiary/aromatic N) is 1. The number of amides is 1. The molecule has 0 radical (unpaired) electrons. The molecule has 1 N–H and O–H groups in total. The Balaban J connectivity index is 2.53. The molecule has 1 aromatic carbocycles. The van der Waals surface area contributed by atoms with Crippen LogP contribution in [0, 0.1) is 11.3 Å². The van der Waals surface area contributed by atoms with Gasteiger partial charge in [-0.1, -0.05) is 28.1 Å². The number of hydrogen-bond donors (Lipinski definition) is 1. The molecule has 1 aromatic rings. The van der Waals surface area contributed by atoms with Gasteiger partial charge in [0.2, 0.25) is 5.91 Å². The number of nitrogens with one attached hydrogen (secondary N) is 1. The Hall–Kier alpha value is -1.38. The molecule has 0 saturated carbocycles. The Morgan fingerprint density at radius 1 is 1.53 bits per heavy atom. The smallest absolute Gasteiger partial charge is 0.223 e. The normalized spacial score (nSPS) is 11.9. The molecule has 0 aromatic heterocycles. The minimum Gasteiger partial charge on any atom is -0.378 e.